The molecule has 1 aliphatic heterocycles. The summed E-state index contributed by atoms with van der Waals surface area (Å²) in [5, 5.41) is 0. The molecule has 1 aromatic carbocycles. The molecular weight excluding hydrogens is 228 g/mol. The highest BCUT2D eigenvalue weighted by molar-refractivity contribution is 5.31. The number of benzene rings is 1. The molecule has 2 rings (SSSR count). The fraction of sp³-hybridized carbons (Fsp3) is 0.600. The second-order valence-corrected chi connectivity index (χ2v) is 5.58. The molecule has 0 spiro atoms. The molecule has 3 heteroatoms. The molecule has 1 fully saturated rings. The average molecular weight is 250 g/mol. The van der Waals surface area contributed by atoms with E-state index in [1.807, 2.05) is 12.1 Å². The summed E-state index contributed by atoms with van der Waals surface area (Å²) in [6.45, 7) is 8.64. The van der Waals surface area contributed by atoms with Crippen LogP contribution in [0.15, 0.2) is 24.3 Å². The number of hydrogen-bond acceptors (Lipinski definition) is 3. The molecule has 0 amide bonds. The molecule has 18 heavy (non-hydrogen) atoms. The lowest BCUT2D eigenvalue weighted by molar-refractivity contribution is -0.0531. The highest BCUT2D eigenvalue weighted by Gasteiger charge is 2.16. The Kier molecular flexibility index (Phi) is 4.25. The van der Waals surface area contributed by atoms with Crippen molar-refractivity contribution in [3.63, 3.8) is 0 Å². The van der Waals surface area contributed by atoms with Crippen molar-refractivity contribution >= 4 is 0 Å². The van der Waals surface area contributed by atoms with Gasteiger partial charge in [0.2, 0.25) is 0 Å². The molecule has 0 N–H and O–H groups in total. The smallest absolute Gasteiger partial charge is 0.161 e. The molecule has 0 radical (unpaired) electrons. The van der Waals surface area contributed by atoms with Gasteiger partial charge >= 0.3 is 0 Å². The lowest BCUT2D eigenvalue weighted by Crippen LogP contribution is -2.13. The van der Waals surface area contributed by atoms with E-state index in [0.717, 1.165) is 12.2 Å². The predicted molar refractivity (Wildman–Crippen MR) is 70.9 cm³/mol. The van der Waals surface area contributed by atoms with E-state index < -0.39 is 0 Å². The molecule has 100 valence electrons. The second-order valence-electron chi connectivity index (χ2n) is 5.58. The van der Waals surface area contributed by atoms with Gasteiger partial charge in [-0.2, -0.15) is 0 Å². The quantitative estimate of drug-likeness (QED) is 0.821. The number of rotatable bonds is 4. The van der Waals surface area contributed by atoms with Gasteiger partial charge in [-0.15, -0.1) is 0 Å². The Morgan fingerprint density at radius 1 is 1.11 bits per heavy atom. The molecule has 1 aromatic rings. The van der Waals surface area contributed by atoms with Crippen LogP contribution in [0.2, 0.25) is 0 Å². The van der Waals surface area contributed by atoms with Gasteiger partial charge in [0.05, 0.1) is 19.8 Å². The Bertz CT molecular complexity index is 358. The van der Waals surface area contributed by atoms with Crippen LogP contribution in [0.25, 0.3) is 0 Å². The lowest BCUT2D eigenvalue weighted by atomic mass is 9.87. The number of hydrogen-bond donors (Lipinski definition) is 0. The maximum Gasteiger partial charge on any atom is 0.161 e. The summed E-state index contributed by atoms with van der Waals surface area (Å²) in [5.74, 6) is 0.904. The minimum absolute atomic E-state index is 0.0844. The van der Waals surface area contributed by atoms with Crippen molar-refractivity contribution in [2.75, 3.05) is 19.8 Å². The zero-order valence-electron chi connectivity index (χ0n) is 11.4. The van der Waals surface area contributed by atoms with Gasteiger partial charge < -0.3 is 14.2 Å². The van der Waals surface area contributed by atoms with E-state index in [-0.39, 0.29) is 11.7 Å². The van der Waals surface area contributed by atoms with Gasteiger partial charge in [-0.05, 0) is 23.1 Å². The highest BCUT2D eigenvalue weighted by atomic mass is 16.7. The molecule has 1 heterocycles. The Balaban J connectivity index is 1.79. The van der Waals surface area contributed by atoms with Crippen LogP contribution in [0.3, 0.4) is 0 Å². The van der Waals surface area contributed by atoms with Crippen LogP contribution in [0.4, 0.5) is 0 Å². The van der Waals surface area contributed by atoms with Crippen LogP contribution in [-0.2, 0) is 14.9 Å². The minimum Gasteiger partial charge on any atom is -0.493 e. The first-order valence-electron chi connectivity index (χ1n) is 6.52. The Morgan fingerprint density at radius 3 is 2.28 bits per heavy atom. The Labute approximate surface area is 109 Å². The fourth-order valence-electron chi connectivity index (χ4n) is 1.90. The van der Waals surface area contributed by atoms with Gasteiger partial charge in [0.15, 0.2) is 6.29 Å². The van der Waals surface area contributed by atoms with Crippen LogP contribution >= 0.6 is 0 Å². The zero-order chi connectivity index (χ0) is 13.0. The maximum absolute atomic E-state index is 5.68. The lowest BCUT2D eigenvalue weighted by Gasteiger charge is -2.19. The van der Waals surface area contributed by atoms with Crippen molar-refractivity contribution in [3.8, 4) is 5.75 Å². The monoisotopic (exact) mass is 250 g/mol. The first kappa shape index (κ1) is 13.4. The number of ether oxygens (including phenoxy) is 3. The van der Waals surface area contributed by atoms with Crippen molar-refractivity contribution < 1.29 is 14.2 Å². The van der Waals surface area contributed by atoms with Crippen LogP contribution in [-0.4, -0.2) is 26.1 Å². The van der Waals surface area contributed by atoms with Crippen molar-refractivity contribution in [1.29, 1.82) is 0 Å². The van der Waals surface area contributed by atoms with E-state index in [1.165, 1.54) is 5.56 Å². The summed E-state index contributed by atoms with van der Waals surface area (Å²) in [6, 6.07) is 8.30. The summed E-state index contributed by atoms with van der Waals surface area (Å²) in [5.41, 5.74) is 1.50. The predicted octanol–water partition coefficient (Wildman–Crippen LogP) is 3.13. The molecule has 3 nitrogen and oxygen atoms in total. The molecule has 0 bridgehead atoms. The van der Waals surface area contributed by atoms with E-state index in [2.05, 4.69) is 32.9 Å². The van der Waals surface area contributed by atoms with Gasteiger partial charge in [-0.25, -0.2) is 0 Å². The summed E-state index contributed by atoms with van der Waals surface area (Å²) in [7, 11) is 0. The summed E-state index contributed by atoms with van der Waals surface area (Å²) >= 11 is 0. The molecule has 0 unspecified atom stereocenters. The first-order chi connectivity index (χ1) is 8.55. The molecule has 0 aromatic heterocycles. The van der Waals surface area contributed by atoms with E-state index in [9.17, 15) is 0 Å². The van der Waals surface area contributed by atoms with Crippen molar-refractivity contribution in [2.45, 2.75) is 38.9 Å². The van der Waals surface area contributed by atoms with Gasteiger partial charge in [-0.3, -0.25) is 0 Å². The summed E-state index contributed by atoms with van der Waals surface area (Å²) < 4.78 is 16.4. The molecular formula is C15H22O3. The SMILES string of the molecule is CC(C)(C)c1ccc(OCCC2OCCO2)cc1. The second kappa shape index (κ2) is 5.72. The van der Waals surface area contributed by atoms with Crippen LogP contribution in [0, 0.1) is 0 Å². The molecule has 0 atom stereocenters. The third-order valence-electron chi connectivity index (χ3n) is 3.03. The molecule has 0 saturated carbocycles. The maximum atomic E-state index is 5.68. The van der Waals surface area contributed by atoms with Gasteiger partial charge in [0.1, 0.15) is 5.75 Å². The van der Waals surface area contributed by atoms with Crippen molar-refractivity contribution in [1.82, 2.24) is 0 Å². The average Bonchev–Trinajstić information content (AvgIpc) is 2.82. The van der Waals surface area contributed by atoms with E-state index in [4.69, 9.17) is 14.2 Å². The molecule has 1 saturated heterocycles. The zero-order valence-corrected chi connectivity index (χ0v) is 11.4. The van der Waals surface area contributed by atoms with Crippen LogP contribution in [0.1, 0.15) is 32.8 Å². The summed E-state index contributed by atoms with van der Waals surface area (Å²) in [6.07, 6.45) is 0.694. The topological polar surface area (TPSA) is 27.7 Å². The standard InChI is InChI=1S/C15H22O3/c1-15(2,3)12-4-6-13(7-5-12)16-9-8-14-17-10-11-18-14/h4-7,14H,8-11H2,1-3H3. The summed E-state index contributed by atoms with van der Waals surface area (Å²) in [4.78, 5) is 0. The molecule has 0 aliphatic carbocycles. The van der Waals surface area contributed by atoms with E-state index >= 15 is 0 Å². The van der Waals surface area contributed by atoms with Crippen LogP contribution < -0.4 is 4.74 Å². The Morgan fingerprint density at radius 2 is 1.72 bits per heavy atom. The van der Waals surface area contributed by atoms with Gasteiger partial charge in [0.25, 0.3) is 0 Å². The normalized spacial score (nSPS) is 17.1. The largest absolute Gasteiger partial charge is 0.493 e. The fourth-order valence-corrected chi connectivity index (χ4v) is 1.90. The van der Waals surface area contributed by atoms with Gasteiger partial charge in [-0.1, -0.05) is 32.9 Å². The third kappa shape index (κ3) is 3.72. The Hall–Kier alpha value is -1.06. The minimum atomic E-state index is -0.0844. The highest BCUT2D eigenvalue weighted by Crippen LogP contribution is 2.24. The van der Waals surface area contributed by atoms with Crippen molar-refractivity contribution in [3.05, 3.63) is 29.8 Å². The van der Waals surface area contributed by atoms with Crippen molar-refractivity contribution in [2.24, 2.45) is 0 Å². The van der Waals surface area contributed by atoms with Gasteiger partial charge in [0, 0.05) is 6.42 Å². The van der Waals surface area contributed by atoms with Crippen LogP contribution in [0.5, 0.6) is 5.75 Å². The van der Waals surface area contributed by atoms with E-state index in [1.54, 1.807) is 0 Å². The molecule has 1 aliphatic rings. The third-order valence-corrected chi connectivity index (χ3v) is 3.03. The first-order valence-corrected chi connectivity index (χ1v) is 6.52. The van der Waals surface area contributed by atoms with E-state index in [0.29, 0.717) is 19.8 Å².